The van der Waals surface area contributed by atoms with E-state index in [4.69, 9.17) is 14.6 Å². The molecule has 114 valence electrons. The fraction of sp³-hybridized carbons (Fsp3) is 0.562. The predicted octanol–water partition coefficient (Wildman–Crippen LogP) is 4.02. The lowest BCUT2D eigenvalue weighted by Crippen LogP contribution is -2.27. The van der Waals surface area contributed by atoms with Crippen LogP contribution in [0.3, 0.4) is 0 Å². The van der Waals surface area contributed by atoms with Gasteiger partial charge in [0, 0.05) is 0 Å². The first-order chi connectivity index (χ1) is 10.1. The summed E-state index contributed by atoms with van der Waals surface area (Å²) in [5, 5.41) is 8.94. The number of carboxylic acid groups (broad SMARTS) is 1. The highest BCUT2D eigenvalue weighted by Gasteiger charge is 2.42. The lowest BCUT2D eigenvalue weighted by Gasteiger charge is -2.23. The SMILES string of the molecule is O=C(O)c1ccc(OCC2CCC3(CCCC3)O2)c(Br)c1. The minimum absolute atomic E-state index is 0.123. The molecular weight excluding hydrogens is 336 g/mol. The van der Waals surface area contributed by atoms with Crippen LogP contribution < -0.4 is 4.74 Å². The van der Waals surface area contributed by atoms with Crippen LogP contribution in [-0.2, 0) is 4.74 Å². The lowest BCUT2D eigenvalue weighted by molar-refractivity contribution is -0.0509. The Labute approximate surface area is 132 Å². The second-order valence-corrected chi connectivity index (χ2v) is 6.78. The maximum atomic E-state index is 10.9. The maximum Gasteiger partial charge on any atom is 0.335 e. The van der Waals surface area contributed by atoms with Crippen LogP contribution in [0, 0.1) is 0 Å². The summed E-state index contributed by atoms with van der Waals surface area (Å²) in [7, 11) is 0. The normalized spacial score (nSPS) is 23.6. The molecule has 1 atom stereocenters. The van der Waals surface area contributed by atoms with Crippen molar-refractivity contribution < 1.29 is 19.4 Å². The van der Waals surface area contributed by atoms with Gasteiger partial charge in [-0.25, -0.2) is 4.79 Å². The largest absolute Gasteiger partial charge is 0.490 e. The number of hydrogen-bond donors (Lipinski definition) is 1. The molecule has 1 saturated carbocycles. The number of rotatable bonds is 4. The summed E-state index contributed by atoms with van der Waals surface area (Å²) in [5.41, 5.74) is 0.370. The first-order valence-corrected chi connectivity index (χ1v) is 8.21. The van der Waals surface area contributed by atoms with E-state index in [0.717, 1.165) is 12.8 Å². The summed E-state index contributed by atoms with van der Waals surface area (Å²) >= 11 is 3.36. The third-order valence-corrected chi connectivity index (χ3v) is 5.08. The molecule has 1 unspecified atom stereocenters. The standard InChI is InChI=1S/C16H19BrO4/c17-13-9-11(15(18)19)3-4-14(13)20-10-12-5-8-16(21-12)6-1-2-7-16/h3-4,9,12H,1-2,5-8,10H2,(H,18,19). The average molecular weight is 355 g/mol. The van der Waals surface area contributed by atoms with Crippen molar-refractivity contribution in [2.24, 2.45) is 0 Å². The molecule has 21 heavy (non-hydrogen) atoms. The van der Waals surface area contributed by atoms with Gasteiger partial charge >= 0.3 is 5.97 Å². The van der Waals surface area contributed by atoms with E-state index in [-0.39, 0.29) is 17.3 Å². The molecule has 1 aromatic carbocycles. The minimum atomic E-state index is -0.940. The van der Waals surface area contributed by atoms with E-state index in [1.807, 2.05) is 0 Å². The number of carbonyl (C=O) groups is 1. The molecule has 0 radical (unpaired) electrons. The number of ether oxygens (including phenoxy) is 2. The van der Waals surface area contributed by atoms with Crippen LogP contribution in [-0.4, -0.2) is 29.4 Å². The molecule has 2 fully saturated rings. The van der Waals surface area contributed by atoms with Gasteiger partial charge in [0.25, 0.3) is 0 Å². The molecule has 4 nitrogen and oxygen atoms in total. The van der Waals surface area contributed by atoms with Crippen molar-refractivity contribution in [3.63, 3.8) is 0 Å². The Morgan fingerprint density at radius 2 is 2.14 bits per heavy atom. The van der Waals surface area contributed by atoms with Crippen LogP contribution in [0.1, 0.15) is 48.9 Å². The van der Waals surface area contributed by atoms with Gasteiger partial charge in [-0.3, -0.25) is 0 Å². The van der Waals surface area contributed by atoms with Crippen LogP contribution in [0.5, 0.6) is 5.75 Å². The number of carboxylic acids is 1. The highest BCUT2D eigenvalue weighted by molar-refractivity contribution is 9.10. The molecule has 0 aromatic heterocycles. The van der Waals surface area contributed by atoms with Crippen LogP contribution in [0.2, 0.25) is 0 Å². The topological polar surface area (TPSA) is 55.8 Å². The van der Waals surface area contributed by atoms with Crippen molar-refractivity contribution in [2.75, 3.05) is 6.61 Å². The van der Waals surface area contributed by atoms with Crippen molar-refractivity contribution >= 4 is 21.9 Å². The van der Waals surface area contributed by atoms with Gasteiger partial charge in [-0.15, -0.1) is 0 Å². The Balaban J connectivity index is 1.57. The summed E-state index contributed by atoms with van der Waals surface area (Å²) in [6.45, 7) is 0.521. The molecule has 1 N–H and O–H groups in total. The quantitative estimate of drug-likeness (QED) is 0.887. The first-order valence-electron chi connectivity index (χ1n) is 7.41. The summed E-state index contributed by atoms with van der Waals surface area (Å²) in [4.78, 5) is 10.9. The van der Waals surface area contributed by atoms with Gasteiger partial charge < -0.3 is 14.6 Å². The van der Waals surface area contributed by atoms with Crippen LogP contribution in [0.15, 0.2) is 22.7 Å². The second-order valence-electron chi connectivity index (χ2n) is 5.93. The van der Waals surface area contributed by atoms with Gasteiger partial charge in [0.2, 0.25) is 0 Å². The summed E-state index contributed by atoms with van der Waals surface area (Å²) in [6, 6.07) is 4.80. The minimum Gasteiger partial charge on any atom is -0.490 e. The van der Waals surface area contributed by atoms with Gasteiger partial charge in [0.15, 0.2) is 0 Å². The number of hydrogen-bond acceptors (Lipinski definition) is 3. The zero-order valence-corrected chi connectivity index (χ0v) is 13.4. The monoisotopic (exact) mass is 354 g/mol. The Morgan fingerprint density at radius 1 is 1.38 bits per heavy atom. The molecule has 0 bridgehead atoms. The van der Waals surface area contributed by atoms with E-state index in [1.54, 1.807) is 18.2 Å². The molecule has 5 heteroatoms. The Kier molecular flexibility index (Phi) is 4.22. The maximum absolute atomic E-state index is 10.9. The lowest BCUT2D eigenvalue weighted by atomic mass is 9.98. The summed E-state index contributed by atoms with van der Waals surface area (Å²) in [5.74, 6) is -0.277. The molecule has 1 aliphatic carbocycles. The molecular formula is C16H19BrO4. The molecule has 1 aromatic rings. The zero-order valence-electron chi connectivity index (χ0n) is 11.8. The van der Waals surface area contributed by atoms with Crippen LogP contribution >= 0.6 is 15.9 Å². The fourth-order valence-electron chi connectivity index (χ4n) is 3.33. The van der Waals surface area contributed by atoms with Gasteiger partial charge in [0.05, 0.1) is 21.7 Å². The molecule has 2 aliphatic rings. The van der Waals surface area contributed by atoms with Crippen molar-refractivity contribution in [3.05, 3.63) is 28.2 Å². The van der Waals surface area contributed by atoms with Gasteiger partial charge in [-0.2, -0.15) is 0 Å². The molecule has 1 spiro atoms. The van der Waals surface area contributed by atoms with E-state index in [2.05, 4.69) is 15.9 Å². The van der Waals surface area contributed by atoms with Crippen LogP contribution in [0.25, 0.3) is 0 Å². The summed E-state index contributed by atoms with van der Waals surface area (Å²) < 4.78 is 12.7. The number of benzene rings is 1. The summed E-state index contributed by atoms with van der Waals surface area (Å²) in [6.07, 6.45) is 7.24. The van der Waals surface area contributed by atoms with E-state index < -0.39 is 5.97 Å². The third kappa shape index (κ3) is 3.24. The molecule has 1 heterocycles. The highest BCUT2D eigenvalue weighted by Crippen LogP contribution is 2.43. The Bertz CT molecular complexity index is 537. The van der Waals surface area contributed by atoms with Gasteiger partial charge in [-0.05, 0) is 59.8 Å². The van der Waals surface area contributed by atoms with E-state index in [9.17, 15) is 4.79 Å². The molecule has 1 saturated heterocycles. The number of aromatic carboxylic acids is 1. The second kappa shape index (κ2) is 5.97. The van der Waals surface area contributed by atoms with Crippen LogP contribution in [0.4, 0.5) is 0 Å². The Morgan fingerprint density at radius 3 is 2.81 bits per heavy atom. The van der Waals surface area contributed by atoms with Gasteiger partial charge in [-0.1, -0.05) is 12.8 Å². The van der Waals surface area contributed by atoms with Crippen molar-refractivity contribution in [1.82, 2.24) is 0 Å². The van der Waals surface area contributed by atoms with Crippen molar-refractivity contribution in [3.8, 4) is 5.75 Å². The van der Waals surface area contributed by atoms with E-state index in [1.165, 1.54) is 25.7 Å². The predicted molar refractivity (Wildman–Crippen MR) is 81.9 cm³/mol. The fourth-order valence-corrected chi connectivity index (χ4v) is 3.83. The molecule has 3 rings (SSSR count). The van der Waals surface area contributed by atoms with Gasteiger partial charge in [0.1, 0.15) is 12.4 Å². The van der Waals surface area contributed by atoms with E-state index >= 15 is 0 Å². The number of halogens is 1. The highest BCUT2D eigenvalue weighted by atomic mass is 79.9. The smallest absolute Gasteiger partial charge is 0.335 e. The average Bonchev–Trinajstić information content (AvgIpc) is 3.08. The molecule has 1 aliphatic heterocycles. The van der Waals surface area contributed by atoms with E-state index in [0.29, 0.717) is 16.8 Å². The van der Waals surface area contributed by atoms with Crippen molar-refractivity contribution in [2.45, 2.75) is 50.2 Å². The first kappa shape index (κ1) is 14.9. The van der Waals surface area contributed by atoms with Crippen molar-refractivity contribution in [1.29, 1.82) is 0 Å². The molecule has 0 amide bonds. The Hall–Kier alpha value is -1.07. The zero-order chi connectivity index (χ0) is 14.9. The third-order valence-electron chi connectivity index (χ3n) is 4.46.